The van der Waals surface area contributed by atoms with Gasteiger partial charge in [-0.2, -0.15) is 0 Å². The van der Waals surface area contributed by atoms with E-state index in [1.165, 1.54) is 36.4 Å². The lowest BCUT2D eigenvalue weighted by Gasteiger charge is -2.50. The molecule has 5 N–H and O–H groups in total. The molecule has 6 aliphatic heterocycles. The molecule has 0 saturated carbocycles. The van der Waals surface area contributed by atoms with Crippen molar-refractivity contribution < 1.29 is 41.8 Å². The first-order chi connectivity index (χ1) is 32.7. The Bertz CT molecular complexity index is 2580. The number of ether oxygens (including phenoxy) is 1. The summed E-state index contributed by atoms with van der Waals surface area (Å²) in [5.41, 5.74) is 5.62. The second-order valence-corrected chi connectivity index (χ2v) is 19.3. The number of carbonyl (C=O) groups is 3. The third-order valence-electron chi connectivity index (χ3n) is 14.8. The van der Waals surface area contributed by atoms with E-state index in [1.54, 1.807) is 36.2 Å². The molecule has 7 atom stereocenters. The molecule has 6 heterocycles. The van der Waals surface area contributed by atoms with Crippen molar-refractivity contribution in [2.75, 3.05) is 97.1 Å². The summed E-state index contributed by atoms with van der Waals surface area (Å²) >= 11 is 0. The van der Waals surface area contributed by atoms with Gasteiger partial charge in [-0.1, -0.05) is 12.1 Å². The molecule has 4 aromatic carbocycles. The van der Waals surface area contributed by atoms with E-state index < -0.39 is 35.7 Å². The Kier molecular flexibility index (Phi) is 12.5. The van der Waals surface area contributed by atoms with E-state index >= 15 is 8.78 Å². The van der Waals surface area contributed by atoms with Gasteiger partial charge in [0.15, 0.2) is 0 Å². The van der Waals surface area contributed by atoms with E-state index in [2.05, 4.69) is 40.9 Å². The Labute approximate surface area is 392 Å². The normalized spacial score (nSPS) is 26.1. The second kappa shape index (κ2) is 18.5. The number of aliphatic hydroxyl groups excluding tert-OH is 1. The van der Waals surface area contributed by atoms with Gasteiger partial charge in [-0.15, -0.1) is 0 Å². The summed E-state index contributed by atoms with van der Waals surface area (Å²) in [6, 6.07) is 13.4. The van der Waals surface area contributed by atoms with Crippen molar-refractivity contribution in [3.05, 3.63) is 106 Å². The van der Waals surface area contributed by atoms with Crippen molar-refractivity contribution in [2.24, 2.45) is 0 Å². The number of aliphatic hydroxyl groups is 1. The molecule has 6 aliphatic rings. The van der Waals surface area contributed by atoms with E-state index in [9.17, 15) is 28.3 Å². The fraction of sp³-hybridized carbons (Fsp3) is 0.460. The summed E-state index contributed by atoms with van der Waals surface area (Å²) in [7, 11) is 1.78. The summed E-state index contributed by atoms with van der Waals surface area (Å²) < 4.78 is 66.1. The van der Waals surface area contributed by atoms with Crippen molar-refractivity contribution in [3.8, 4) is 0 Å². The van der Waals surface area contributed by atoms with E-state index in [-0.39, 0.29) is 79.4 Å². The second-order valence-electron chi connectivity index (χ2n) is 19.3. The van der Waals surface area contributed by atoms with Crippen molar-refractivity contribution in [1.82, 2.24) is 14.7 Å². The minimum absolute atomic E-state index is 0.0229. The molecule has 360 valence electrons. The number of amides is 3. The number of hydrogen-bond acceptors (Lipinski definition) is 11. The lowest BCUT2D eigenvalue weighted by Crippen LogP contribution is -2.67. The number of carbonyl (C=O) groups excluding carboxylic acids is 3. The van der Waals surface area contributed by atoms with Gasteiger partial charge < -0.3 is 45.8 Å². The first kappa shape index (κ1) is 45.8. The zero-order valence-corrected chi connectivity index (χ0v) is 38.3. The van der Waals surface area contributed by atoms with Crippen molar-refractivity contribution in [1.29, 1.82) is 0 Å². The summed E-state index contributed by atoms with van der Waals surface area (Å²) in [6.45, 7) is 7.40. The predicted molar refractivity (Wildman–Crippen MR) is 251 cm³/mol. The first-order valence-corrected chi connectivity index (χ1v) is 23.5. The number of rotatable bonds is 10. The summed E-state index contributed by atoms with van der Waals surface area (Å²) in [4.78, 5) is 50.5. The fourth-order valence-corrected chi connectivity index (χ4v) is 11.2. The van der Waals surface area contributed by atoms with Gasteiger partial charge in [-0.3, -0.25) is 24.2 Å². The lowest BCUT2D eigenvalue weighted by atomic mass is 9.99. The number of aryl methyl sites for hydroxylation is 2. The molecular weight excluding hydrogens is 883 g/mol. The van der Waals surface area contributed by atoms with E-state index in [4.69, 9.17) is 4.74 Å². The van der Waals surface area contributed by atoms with Crippen molar-refractivity contribution in [2.45, 2.75) is 81.9 Å². The number of piperazine rings is 1. The highest BCUT2D eigenvalue weighted by Gasteiger charge is 2.46. The van der Waals surface area contributed by atoms with Crippen LogP contribution in [0.5, 0.6) is 0 Å². The molecule has 18 heteroatoms. The number of nitrogens with one attached hydrogen (secondary N) is 4. The molecule has 3 amide bonds. The van der Waals surface area contributed by atoms with Crippen LogP contribution in [-0.4, -0.2) is 146 Å². The summed E-state index contributed by atoms with van der Waals surface area (Å²) in [6.07, 6.45) is 0.971. The number of hydrogen-bond donors (Lipinski definition) is 5. The smallest absolute Gasteiger partial charge is 0.247 e. The molecule has 0 radical (unpaired) electrons. The van der Waals surface area contributed by atoms with Gasteiger partial charge in [-0.05, 0) is 86.3 Å². The molecule has 14 nitrogen and oxygen atoms in total. The molecule has 10 rings (SSSR count). The highest BCUT2D eigenvalue weighted by Crippen LogP contribution is 2.36. The molecule has 0 bridgehead atoms. The highest BCUT2D eigenvalue weighted by molar-refractivity contribution is 5.99. The van der Waals surface area contributed by atoms with Crippen LogP contribution in [0.3, 0.4) is 0 Å². The average molecular weight is 940 g/mol. The minimum atomic E-state index is -0.715. The summed E-state index contributed by atoms with van der Waals surface area (Å²) in [5.74, 6) is -2.57. The molecule has 4 saturated heterocycles. The number of morpholine rings is 1. The number of nitrogens with zero attached hydrogens (tertiary/aromatic N) is 5. The van der Waals surface area contributed by atoms with Crippen LogP contribution in [0, 0.1) is 37.1 Å². The first-order valence-electron chi connectivity index (χ1n) is 23.5. The van der Waals surface area contributed by atoms with Gasteiger partial charge in [0.25, 0.3) is 0 Å². The van der Waals surface area contributed by atoms with Crippen LogP contribution in [0.2, 0.25) is 0 Å². The molecule has 0 aliphatic carbocycles. The third kappa shape index (κ3) is 9.06. The van der Waals surface area contributed by atoms with E-state index in [0.717, 1.165) is 17.5 Å². The number of halogens is 4. The quantitative estimate of drug-likeness (QED) is 0.139. The zero-order valence-electron chi connectivity index (χ0n) is 38.3. The van der Waals surface area contributed by atoms with Crippen LogP contribution >= 0.6 is 0 Å². The van der Waals surface area contributed by atoms with Crippen molar-refractivity contribution >= 4 is 51.8 Å². The standard InChI is InChI=1S/C50H57F4N9O5/c1-27-4-6-40(53)38-18-42(57-47(27)38)49(66)55-31-12-29(51)14-35(16-31)60-10-8-33(20-60)62-22-37(26-64)68-45(24-62)44-23-59(3)46(65)25-63(44)34-9-11-61(21-34)36-15-30(52)13-32(17-36)56-50(67)43-19-39-41(54)7-5-28(2)48(39)58-43/h4-7,12-17,33-34,37,42-45,57-58,64H,8-11,18-26H2,1-3H3,(H,55,66)(H,56,67)/t33-,34-,37+,42?,43?,44?,45?/m1/s1. The minimum Gasteiger partial charge on any atom is -0.394 e. The Morgan fingerprint density at radius 3 is 1.78 bits per heavy atom. The fourth-order valence-electron chi connectivity index (χ4n) is 11.2. The van der Waals surface area contributed by atoms with Crippen LogP contribution in [0.1, 0.15) is 35.1 Å². The lowest BCUT2D eigenvalue weighted by molar-refractivity contribution is -0.161. The Hall–Kier alpha value is -5.95. The van der Waals surface area contributed by atoms with Gasteiger partial charge in [0, 0.05) is 123 Å². The van der Waals surface area contributed by atoms with Gasteiger partial charge >= 0.3 is 0 Å². The molecular formula is C50H57F4N9O5. The summed E-state index contributed by atoms with van der Waals surface area (Å²) in [5, 5.41) is 22.5. The van der Waals surface area contributed by atoms with Crippen LogP contribution in [0.25, 0.3) is 0 Å². The number of fused-ring (bicyclic) bond motifs is 2. The van der Waals surface area contributed by atoms with Crippen LogP contribution in [0.4, 0.5) is 51.7 Å². The Morgan fingerprint density at radius 1 is 0.721 bits per heavy atom. The molecule has 4 unspecified atom stereocenters. The Morgan fingerprint density at radius 2 is 1.25 bits per heavy atom. The molecule has 68 heavy (non-hydrogen) atoms. The largest absolute Gasteiger partial charge is 0.394 e. The van der Waals surface area contributed by atoms with Gasteiger partial charge in [-0.25, -0.2) is 17.6 Å². The molecule has 0 spiro atoms. The number of anilines is 6. The highest BCUT2D eigenvalue weighted by atomic mass is 19.1. The van der Waals surface area contributed by atoms with Gasteiger partial charge in [0.05, 0.1) is 31.4 Å². The van der Waals surface area contributed by atoms with Crippen LogP contribution < -0.4 is 31.1 Å². The van der Waals surface area contributed by atoms with Crippen LogP contribution in [-0.2, 0) is 32.0 Å². The van der Waals surface area contributed by atoms with E-state index in [0.29, 0.717) is 91.8 Å². The van der Waals surface area contributed by atoms with Crippen LogP contribution in [0.15, 0.2) is 60.7 Å². The SMILES string of the molecule is Cc1ccc(F)c2c1NC(C(=O)Nc1cc(F)cc(N3CC[C@@H](N4CC(C5CN(C)C(=O)CN5[C@@H]5CCN(c6cc(F)cc(NC(=O)C7Cc8c(F)ccc(C)c8N7)c6)C5)O[C@H](CO)C4)C3)c1)C2. The van der Waals surface area contributed by atoms with Crippen molar-refractivity contribution in [3.63, 3.8) is 0 Å². The topological polar surface area (TPSA) is 145 Å². The van der Waals surface area contributed by atoms with Gasteiger partial charge in [0.1, 0.15) is 35.4 Å². The number of benzene rings is 4. The predicted octanol–water partition coefficient (Wildman–Crippen LogP) is 4.87. The maximum atomic E-state index is 15.2. The average Bonchev–Trinajstić information content (AvgIpc) is 4.16. The maximum absolute atomic E-state index is 15.2. The maximum Gasteiger partial charge on any atom is 0.247 e. The number of likely N-dealkylation sites (N-methyl/N-ethyl adjacent to an activating group) is 1. The molecule has 0 aromatic heterocycles. The van der Waals surface area contributed by atoms with E-state index in [1.807, 2.05) is 13.8 Å². The monoisotopic (exact) mass is 939 g/mol. The molecule has 4 aromatic rings. The molecule has 4 fully saturated rings. The zero-order chi connectivity index (χ0) is 47.5. The third-order valence-corrected chi connectivity index (χ3v) is 14.8. The van der Waals surface area contributed by atoms with Gasteiger partial charge in [0.2, 0.25) is 17.7 Å². The Balaban J connectivity index is 0.790.